The van der Waals surface area contributed by atoms with Gasteiger partial charge in [-0.05, 0) is 0 Å². The van der Waals surface area contributed by atoms with Gasteiger partial charge in [-0.2, -0.15) is 0 Å². The van der Waals surface area contributed by atoms with Crippen molar-refractivity contribution in [2.24, 2.45) is 0 Å². The summed E-state index contributed by atoms with van der Waals surface area (Å²) < 4.78 is 14.8. The molecule has 6 nitrogen and oxygen atoms in total. The number of rotatable bonds is 7. The molecule has 1 unspecified atom stereocenters. The molecule has 0 aromatic carbocycles. The average Bonchev–Trinajstić information content (AvgIpc) is 2.82. The van der Waals surface area contributed by atoms with Crippen molar-refractivity contribution in [3.63, 3.8) is 0 Å². The number of aromatic nitrogens is 1. The molecule has 7 heteroatoms. The molecule has 1 aromatic rings. The van der Waals surface area contributed by atoms with Crippen molar-refractivity contribution >= 4 is 22.4 Å². The fourth-order valence-corrected chi connectivity index (χ4v) is 1.89. The van der Waals surface area contributed by atoms with Crippen molar-refractivity contribution in [3.05, 3.63) is 11.1 Å². The number of carbonyl (C=O) groups excluding carboxylic acids is 1. The smallest absolute Gasteiger partial charge is 0.349 e. The number of ether oxygens (including phenoxy) is 3. The summed E-state index contributed by atoms with van der Waals surface area (Å²) in [6.45, 7) is 1.07. The topological polar surface area (TPSA) is 69.7 Å². The number of anilines is 1. The number of hydrogen-bond acceptors (Lipinski definition) is 7. The molecular weight excluding hydrogens is 244 g/mol. The molecule has 0 fully saturated rings. The van der Waals surface area contributed by atoms with E-state index in [4.69, 9.17) is 9.47 Å². The summed E-state index contributed by atoms with van der Waals surface area (Å²) in [5.74, 6) is -0.379. The molecule has 0 aliphatic carbocycles. The molecule has 0 saturated heterocycles. The summed E-state index contributed by atoms with van der Waals surface area (Å²) in [6.07, 6.45) is 1.43. The molecular formula is C10H16N2O4S. The Balaban J connectivity index is 2.46. The lowest BCUT2D eigenvalue weighted by Gasteiger charge is -2.14. The van der Waals surface area contributed by atoms with Crippen molar-refractivity contribution in [2.45, 2.75) is 6.10 Å². The van der Waals surface area contributed by atoms with Crippen LogP contribution in [-0.2, 0) is 14.2 Å². The van der Waals surface area contributed by atoms with Crippen molar-refractivity contribution in [3.8, 4) is 0 Å². The van der Waals surface area contributed by atoms with E-state index in [0.29, 0.717) is 23.2 Å². The molecule has 1 heterocycles. The van der Waals surface area contributed by atoms with E-state index in [9.17, 15) is 4.79 Å². The van der Waals surface area contributed by atoms with Gasteiger partial charge in [-0.15, -0.1) is 0 Å². The minimum atomic E-state index is -0.379. The first kappa shape index (κ1) is 13.9. The maximum atomic E-state index is 11.2. The molecule has 0 spiro atoms. The van der Waals surface area contributed by atoms with E-state index in [0.717, 1.165) is 0 Å². The third-order valence-electron chi connectivity index (χ3n) is 2.06. The van der Waals surface area contributed by atoms with E-state index in [2.05, 4.69) is 15.0 Å². The minimum absolute atomic E-state index is 0.0505. The van der Waals surface area contributed by atoms with Gasteiger partial charge in [-0.25, -0.2) is 9.78 Å². The van der Waals surface area contributed by atoms with Gasteiger partial charge in [0.15, 0.2) is 5.13 Å². The largest absolute Gasteiger partial charge is 0.465 e. The Morgan fingerprint density at radius 2 is 2.29 bits per heavy atom. The summed E-state index contributed by atoms with van der Waals surface area (Å²) in [5, 5.41) is 3.73. The lowest BCUT2D eigenvalue weighted by molar-refractivity contribution is 0.0365. The Bertz CT molecular complexity index is 356. The van der Waals surface area contributed by atoms with Crippen molar-refractivity contribution in [1.29, 1.82) is 0 Å². The van der Waals surface area contributed by atoms with Crippen LogP contribution in [0.5, 0.6) is 0 Å². The monoisotopic (exact) mass is 260 g/mol. The number of esters is 1. The maximum Gasteiger partial charge on any atom is 0.349 e. The molecule has 0 aliphatic rings. The van der Waals surface area contributed by atoms with Gasteiger partial charge < -0.3 is 19.5 Å². The maximum absolute atomic E-state index is 11.2. The normalized spacial score (nSPS) is 12.2. The van der Waals surface area contributed by atoms with Crippen molar-refractivity contribution in [2.75, 3.05) is 39.8 Å². The van der Waals surface area contributed by atoms with Crippen LogP contribution in [0.1, 0.15) is 9.67 Å². The molecule has 1 rings (SSSR count). The predicted molar refractivity (Wildman–Crippen MR) is 64.6 cm³/mol. The van der Waals surface area contributed by atoms with E-state index in [-0.39, 0.29) is 12.1 Å². The summed E-state index contributed by atoms with van der Waals surface area (Å²) in [6, 6.07) is 0. The van der Waals surface area contributed by atoms with Gasteiger partial charge in [-0.1, -0.05) is 11.3 Å². The highest BCUT2D eigenvalue weighted by Crippen LogP contribution is 2.18. The molecule has 1 aromatic heterocycles. The fourth-order valence-electron chi connectivity index (χ4n) is 1.15. The van der Waals surface area contributed by atoms with Crippen LogP contribution in [0.3, 0.4) is 0 Å². The van der Waals surface area contributed by atoms with Gasteiger partial charge >= 0.3 is 5.97 Å². The first-order chi connectivity index (χ1) is 8.21. The highest BCUT2D eigenvalue weighted by atomic mass is 32.1. The van der Waals surface area contributed by atoms with Crippen LogP contribution in [0.15, 0.2) is 6.20 Å². The zero-order valence-corrected chi connectivity index (χ0v) is 10.9. The molecule has 0 radical (unpaired) electrons. The third kappa shape index (κ3) is 4.29. The average molecular weight is 260 g/mol. The standard InChI is InChI=1S/C10H16N2O4S/c1-14-6-7(15-2)4-11-10-12-5-8(17-10)9(13)16-3/h5,7H,4,6H2,1-3H3,(H,11,12). The first-order valence-corrected chi connectivity index (χ1v) is 5.82. The van der Waals surface area contributed by atoms with Crippen LogP contribution < -0.4 is 5.32 Å². The van der Waals surface area contributed by atoms with Gasteiger partial charge in [0, 0.05) is 20.8 Å². The van der Waals surface area contributed by atoms with Gasteiger partial charge in [-0.3, -0.25) is 0 Å². The number of carbonyl (C=O) groups is 1. The lowest BCUT2D eigenvalue weighted by Crippen LogP contribution is -2.26. The molecule has 17 heavy (non-hydrogen) atoms. The van der Waals surface area contributed by atoms with Gasteiger partial charge in [0.05, 0.1) is 26.0 Å². The minimum Gasteiger partial charge on any atom is -0.465 e. The van der Waals surface area contributed by atoms with E-state index in [1.165, 1.54) is 24.6 Å². The van der Waals surface area contributed by atoms with Crippen molar-refractivity contribution in [1.82, 2.24) is 4.98 Å². The zero-order chi connectivity index (χ0) is 12.7. The third-order valence-corrected chi connectivity index (χ3v) is 2.99. The first-order valence-electron chi connectivity index (χ1n) is 5.01. The second-order valence-corrected chi connectivity index (χ2v) is 4.25. The Labute approximate surface area is 104 Å². The number of nitrogens with one attached hydrogen (secondary N) is 1. The fraction of sp³-hybridized carbons (Fsp3) is 0.600. The number of nitrogens with zero attached hydrogens (tertiary/aromatic N) is 1. The SMILES string of the molecule is COCC(CNc1ncc(C(=O)OC)s1)OC. The molecule has 1 atom stereocenters. The Morgan fingerprint density at radius 1 is 1.53 bits per heavy atom. The summed E-state index contributed by atoms with van der Waals surface area (Å²) >= 11 is 1.24. The van der Waals surface area contributed by atoms with Gasteiger partial charge in [0.2, 0.25) is 0 Å². The van der Waals surface area contributed by atoms with Gasteiger partial charge in [0.1, 0.15) is 4.88 Å². The van der Waals surface area contributed by atoms with Crippen LogP contribution in [-0.4, -0.2) is 51.5 Å². The zero-order valence-electron chi connectivity index (χ0n) is 10.1. The van der Waals surface area contributed by atoms with E-state index in [1.54, 1.807) is 14.2 Å². The predicted octanol–water partition coefficient (Wildman–Crippen LogP) is 1.00. The molecule has 1 N–H and O–H groups in total. The summed E-state index contributed by atoms with van der Waals surface area (Å²) in [7, 11) is 4.58. The second kappa shape index (κ2) is 7.21. The summed E-state index contributed by atoms with van der Waals surface area (Å²) in [4.78, 5) is 15.7. The molecule has 0 amide bonds. The summed E-state index contributed by atoms with van der Waals surface area (Å²) in [5.41, 5.74) is 0. The van der Waals surface area contributed by atoms with Crippen LogP contribution in [0.4, 0.5) is 5.13 Å². The molecule has 96 valence electrons. The van der Waals surface area contributed by atoms with Crippen LogP contribution >= 0.6 is 11.3 Å². The molecule has 0 bridgehead atoms. The van der Waals surface area contributed by atoms with Crippen molar-refractivity contribution < 1.29 is 19.0 Å². The quantitative estimate of drug-likeness (QED) is 0.738. The van der Waals surface area contributed by atoms with Gasteiger partial charge in [0.25, 0.3) is 0 Å². The van der Waals surface area contributed by atoms with Crippen LogP contribution in [0.25, 0.3) is 0 Å². The van der Waals surface area contributed by atoms with E-state index >= 15 is 0 Å². The second-order valence-electron chi connectivity index (χ2n) is 3.22. The van der Waals surface area contributed by atoms with Crippen LogP contribution in [0, 0.1) is 0 Å². The Morgan fingerprint density at radius 3 is 2.88 bits per heavy atom. The molecule has 0 aliphatic heterocycles. The molecule has 0 saturated carbocycles. The van der Waals surface area contributed by atoms with E-state index < -0.39 is 0 Å². The number of methoxy groups -OCH3 is 3. The number of hydrogen-bond donors (Lipinski definition) is 1. The Kier molecular flexibility index (Phi) is 5.88. The van der Waals surface area contributed by atoms with Crippen LogP contribution in [0.2, 0.25) is 0 Å². The Hall–Kier alpha value is -1.18. The highest BCUT2D eigenvalue weighted by molar-refractivity contribution is 7.17. The lowest BCUT2D eigenvalue weighted by atomic mass is 10.4. The highest BCUT2D eigenvalue weighted by Gasteiger charge is 2.12. The van der Waals surface area contributed by atoms with E-state index in [1.807, 2.05) is 0 Å². The number of thiazole rings is 1.